The van der Waals surface area contributed by atoms with Gasteiger partial charge in [0.25, 0.3) is 0 Å². The van der Waals surface area contributed by atoms with E-state index in [9.17, 15) is 0 Å². The summed E-state index contributed by atoms with van der Waals surface area (Å²) in [5, 5.41) is 0.537. The van der Waals surface area contributed by atoms with Crippen molar-refractivity contribution < 1.29 is 0 Å². The molecule has 1 rings (SSSR count). The molecule has 2 atom stereocenters. The second-order valence-electron chi connectivity index (χ2n) is 2.24. The molecule has 50 valence electrons. The van der Waals surface area contributed by atoms with E-state index in [0.29, 0.717) is 5.25 Å². The van der Waals surface area contributed by atoms with Gasteiger partial charge in [-0.15, -0.1) is 6.42 Å². The van der Waals surface area contributed by atoms with Crippen LogP contribution in [-0.2, 0) is 0 Å². The van der Waals surface area contributed by atoms with Crippen LogP contribution < -0.4 is 5.73 Å². The molecule has 0 aliphatic carbocycles. The maximum Gasteiger partial charge on any atom is 0.0782 e. The Morgan fingerprint density at radius 1 is 1.78 bits per heavy atom. The van der Waals surface area contributed by atoms with Crippen LogP contribution in [0.15, 0.2) is 0 Å². The predicted molar refractivity (Wildman–Crippen MR) is 42.3 cm³/mol. The topological polar surface area (TPSA) is 26.0 Å². The third-order valence-corrected chi connectivity index (χ3v) is 3.04. The van der Waals surface area contributed by atoms with Crippen LogP contribution in [0.4, 0.5) is 0 Å². The van der Waals surface area contributed by atoms with Gasteiger partial charge in [0.15, 0.2) is 0 Å². The predicted octanol–water partition coefficient (Wildman–Crippen LogP) is 0.843. The number of hydrogen-bond acceptors (Lipinski definition) is 2. The Hall–Kier alpha value is -0.130. The minimum atomic E-state index is -0.0162. The van der Waals surface area contributed by atoms with Crippen LogP contribution in [0.1, 0.15) is 12.8 Å². The first-order chi connectivity index (χ1) is 4.34. The fraction of sp³-hybridized carbons (Fsp3) is 0.714. The van der Waals surface area contributed by atoms with Gasteiger partial charge >= 0.3 is 0 Å². The Bertz CT molecular complexity index is 121. The third kappa shape index (κ3) is 1.64. The van der Waals surface area contributed by atoms with E-state index in [0.717, 1.165) is 0 Å². The molecule has 2 heteroatoms. The monoisotopic (exact) mass is 141 g/mol. The first-order valence-corrected chi connectivity index (χ1v) is 4.23. The molecule has 0 amide bonds. The molecule has 1 aliphatic heterocycles. The first-order valence-electron chi connectivity index (χ1n) is 3.18. The lowest BCUT2D eigenvalue weighted by atomic mass is 10.1. The summed E-state index contributed by atoms with van der Waals surface area (Å²) in [6.07, 6.45) is 7.65. The molecule has 0 radical (unpaired) electrons. The standard InChI is InChI=1S/C7H11NS/c1-2-6(8)7-4-3-5-9-7/h1,6-7H,3-5,8H2. The molecule has 0 spiro atoms. The highest BCUT2D eigenvalue weighted by Gasteiger charge is 2.20. The summed E-state index contributed by atoms with van der Waals surface area (Å²) in [6, 6.07) is -0.0162. The number of terminal acetylenes is 1. The molecule has 9 heavy (non-hydrogen) atoms. The van der Waals surface area contributed by atoms with Crippen LogP contribution in [0.25, 0.3) is 0 Å². The van der Waals surface area contributed by atoms with Gasteiger partial charge in [0.05, 0.1) is 6.04 Å². The molecular weight excluding hydrogens is 130 g/mol. The van der Waals surface area contributed by atoms with Crippen molar-refractivity contribution in [1.29, 1.82) is 0 Å². The highest BCUT2D eigenvalue weighted by atomic mass is 32.2. The van der Waals surface area contributed by atoms with Gasteiger partial charge in [0, 0.05) is 5.25 Å². The van der Waals surface area contributed by atoms with E-state index in [1.165, 1.54) is 18.6 Å². The molecule has 2 N–H and O–H groups in total. The van der Waals surface area contributed by atoms with E-state index in [4.69, 9.17) is 12.2 Å². The summed E-state index contributed by atoms with van der Waals surface area (Å²) in [5.74, 6) is 3.80. The molecule has 0 aromatic rings. The van der Waals surface area contributed by atoms with Gasteiger partial charge in [0.1, 0.15) is 0 Å². The van der Waals surface area contributed by atoms with Gasteiger partial charge in [-0.25, -0.2) is 0 Å². The summed E-state index contributed by atoms with van der Waals surface area (Å²) in [5.41, 5.74) is 5.62. The number of hydrogen-bond donors (Lipinski definition) is 1. The zero-order valence-electron chi connectivity index (χ0n) is 5.34. The highest BCUT2D eigenvalue weighted by Crippen LogP contribution is 2.27. The lowest BCUT2D eigenvalue weighted by molar-refractivity contribution is 0.718. The van der Waals surface area contributed by atoms with E-state index >= 15 is 0 Å². The lowest BCUT2D eigenvalue weighted by Crippen LogP contribution is -2.28. The number of rotatable bonds is 1. The Kier molecular flexibility index (Phi) is 2.44. The molecule has 0 saturated carbocycles. The van der Waals surface area contributed by atoms with Gasteiger partial charge in [-0.05, 0) is 18.6 Å². The Morgan fingerprint density at radius 2 is 2.56 bits per heavy atom. The largest absolute Gasteiger partial charge is 0.317 e. The van der Waals surface area contributed by atoms with Crippen molar-refractivity contribution in [3.63, 3.8) is 0 Å². The van der Waals surface area contributed by atoms with Crippen molar-refractivity contribution in [3.05, 3.63) is 0 Å². The molecular formula is C7H11NS. The summed E-state index contributed by atoms with van der Waals surface area (Å²) in [7, 11) is 0. The smallest absolute Gasteiger partial charge is 0.0782 e. The average molecular weight is 141 g/mol. The van der Waals surface area contributed by atoms with Crippen LogP contribution in [0.3, 0.4) is 0 Å². The quantitative estimate of drug-likeness (QED) is 0.548. The zero-order valence-corrected chi connectivity index (χ0v) is 6.16. The van der Waals surface area contributed by atoms with Crippen molar-refractivity contribution in [2.75, 3.05) is 5.75 Å². The molecule has 1 saturated heterocycles. The molecule has 0 aromatic carbocycles. The van der Waals surface area contributed by atoms with Gasteiger partial charge < -0.3 is 5.73 Å². The van der Waals surface area contributed by atoms with Gasteiger partial charge in [-0.3, -0.25) is 0 Å². The van der Waals surface area contributed by atoms with Gasteiger partial charge in [-0.2, -0.15) is 11.8 Å². The zero-order chi connectivity index (χ0) is 6.69. The minimum absolute atomic E-state index is 0.0162. The summed E-state index contributed by atoms with van der Waals surface area (Å²) < 4.78 is 0. The van der Waals surface area contributed by atoms with Crippen LogP contribution >= 0.6 is 11.8 Å². The van der Waals surface area contributed by atoms with Gasteiger partial charge in [0.2, 0.25) is 0 Å². The van der Waals surface area contributed by atoms with Crippen molar-refractivity contribution in [3.8, 4) is 12.3 Å². The van der Waals surface area contributed by atoms with Crippen molar-refractivity contribution in [2.45, 2.75) is 24.1 Å². The molecule has 2 unspecified atom stereocenters. The van der Waals surface area contributed by atoms with E-state index in [-0.39, 0.29) is 6.04 Å². The van der Waals surface area contributed by atoms with Crippen LogP contribution in [0, 0.1) is 12.3 Å². The molecule has 0 aromatic heterocycles. The summed E-state index contributed by atoms with van der Waals surface area (Å²) >= 11 is 1.91. The Labute approximate surface area is 60.4 Å². The van der Waals surface area contributed by atoms with Crippen molar-refractivity contribution in [1.82, 2.24) is 0 Å². The van der Waals surface area contributed by atoms with Crippen molar-refractivity contribution in [2.24, 2.45) is 5.73 Å². The van der Waals surface area contributed by atoms with Crippen LogP contribution in [0.5, 0.6) is 0 Å². The minimum Gasteiger partial charge on any atom is -0.317 e. The number of thioether (sulfide) groups is 1. The van der Waals surface area contributed by atoms with E-state index in [1.54, 1.807) is 0 Å². The fourth-order valence-corrected chi connectivity index (χ4v) is 2.25. The maximum atomic E-state index is 5.62. The summed E-state index contributed by atoms with van der Waals surface area (Å²) in [4.78, 5) is 0. The summed E-state index contributed by atoms with van der Waals surface area (Å²) in [6.45, 7) is 0. The van der Waals surface area contributed by atoms with Crippen molar-refractivity contribution >= 4 is 11.8 Å². The van der Waals surface area contributed by atoms with Crippen LogP contribution in [-0.4, -0.2) is 17.0 Å². The Balaban J connectivity index is 2.34. The normalized spacial score (nSPS) is 29.6. The van der Waals surface area contributed by atoms with E-state index in [1.807, 2.05) is 11.8 Å². The molecule has 1 fully saturated rings. The number of nitrogens with two attached hydrogens (primary N) is 1. The maximum absolute atomic E-state index is 5.62. The third-order valence-electron chi connectivity index (χ3n) is 1.56. The first kappa shape index (κ1) is 6.98. The second-order valence-corrected chi connectivity index (χ2v) is 3.59. The van der Waals surface area contributed by atoms with E-state index in [2.05, 4.69) is 5.92 Å². The highest BCUT2D eigenvalue weighted by molar-refractivity contribution is 8.00. The second kappa shape index (κ2) is 3.14. The molecule has 1 nitrogen and oxygen atoms in total. The fourth-order valence-electron chi connectivity index (χ4n) is 0.993. The molecule has 1 aliphatic rings. The SMILES string of the molecule is C#CC(N)C1CCCS1. The van der Waals surface area contributed by atoms with Gasteiger partial charge in [-0.1, -0.05) is 5.92 Å². The average Bonchev–Trinajstić information content (AvgIpc) is 2.37. The molecule has 1 heterocycles. The Morgan fingerprint density at radius 3 is 3.00 bits per heavy atom. The van der Waals surface area contributed by atoms with E-state index < -0.39 is 0 Å². The van der Waals surface area contributed by atoms with Crippen LogP contribution in [0.2, 0.25) is 0 Å². The molecule has 0 bridgehead atoms. The lowest BCUT2D eigenvalue weighted by Gasteiger charge is -2.10.